The Morgan fingerprint density at radius 1 is 0.530 bits per heavy atom. The van der Waals surface area contributed by atoms with E-state index >= 15 is 0 Å². The molecule has 42 nitrogen and oxygen atoms in total. The lowest BCUT2D eigenvalue weighted by molar-refractivity contribution is -0.149. The molecular weight excluding hydrogens is 1560 g/mol. The van der Waals surface area contributed by atoms with E-state index in [1.54, 1.807) is 50.4 Å². The van der Waals surface area contributed by atoms with Gasteiger partial charge in [-0.2, -0.15) is 24.4 Å². The Hall–Kier alpha value is -11.1. The lowest BCUT2D eigenvalue weighted by Gasteiger charge is -2.31. The highest BCUT2D eigenvalue weighted by molar-refractivity contribution is 7.98. The van der Waals surface area contributed by atoms with E-state index in [0.717, 1.165) is 0 Å². The summed E-state index contributed by atoms with van der Waals surface area (Å²) in [6, 6.07) is -9.63. The van der Waals surface area contributed by atoms with Gasteiger partial charge in [0.1, 0.15) is 84.6 Å². The Morgan fingerprint density at radius 2 is 0.966 bits per heavy atom. The Morgan fingerprint density at radius 3 is 1.45 bits per heavy atom. The number of thioether (sulfide) groups is 1. The summed E-state index contributed by atoms with van der Waals surface area (Å²) in [5.74, 6) is -13.0. The first kappa shape index (κ1) is 94.8. The summed E-state index contributed by atoms with van der Waals surface area (Å²) in [4.78, 5) is 232. The first-order valence-corrected chi connectivity index (χ1v) is 41.1. The minimum atomic E-state index is -1.81. The summed E-state index contributed by atoms with van der Waals surface area (Å²) >= 11 is 5.72. The molecule has 1 unspecified atom stereocenters. The summed E-state index contributed by atoms with van der Waals surface area (Å²) in [5, 5.41) is 49.6. The summed E-state index contributed by atoms with van der Waals surface area (Å²) in [7, 11) is 0. The molecule has 4 aliphatic rings. The second kappa shape index (κ2) is 47.8. The molecule has 2 aromatic rings. The van der Waals surface area contributed by atoms with Crippen molar-refractivity contribution in [2.24, 2.45) is 55.3 Å². The van der Waals surface area contributed by atoms with Gasteiger partial charge in [-0.15, -0.1) is 0 Å². The molecule has 646 valence electrons. The highest BCUT2D eigenvalue weighted by Gasteiger charge is 2.44. The van der Waals surface area contributed by atoms with E-state index < -0.39 is 174 Å². The van der Waals surface area contributed by atoms with Crippen LogP contribution in [0.2, 0.25) is 0 Å². The molecule has 26 N–H and O–H groups in total. The molecule has 4 saturated heterocycles. The van der Waals surface area contributed by atoms with E-state index in [-0.39, 0.29) is 171 Å². The predicted octanol–water partition coefficient (Wildman–Crippen LogP) is -6.72. The van der Waals surface area contributed by atoms with Gasteiger partial charge in [-0.3, -0.25) is 82.1 Å². The number of carboxylic acids is 1. The Labute approximate surface area is 687 Å². The molecule has 5 heterocycles. The van der Waals surface area contributed by atoms with Crippen LogP contribution >= 0.6 is 24.4 Å². The van der Waals surface area contributed by atoms with Gasteiger partial charge in [-0.1, -0.05) is 44.2 Å². The number of aromatic nitrogens is 2. The van der Waals surface area contributed by atoms with Gasteiger partial charge in [0.2, 0.25) is 82.7 Å². The van der Waals surface area contributed by atoms with Crippen LogP contribution in [0, 0.1) is 5.92 Å². The molecule has 0 bridgehead atoms. The molecule has 1 aromatic heterocycles. The number of imidazole rings is 1. The number of likely N-dealkylation sites (tertiary alicyclic amines) is 3. The topological polar surface area (TPSA) is 660 Å². The van der Waals surface area contributed by atoms with Gasteiger partial charge in [0.05, 0.1) is 12.9 Å². The van der Waals surface area contributed by atoms with E-state index in [2.05, 4.69) is 96.1 Å². The molecule has 14 atom stereocenters. The number of benzene rings is 1. The number of carbonyl (C=O) groups is 15. The molecule has 0 aliphatic carbocycles. The lowest BCUT2D eigenvalue weighted by Crippen LogP contribution is -2.61. The maximum atomic E-state index is 14.8. The van der Waals surface area contributed by atoms with Crippen LogP contribution < -0.4 is 92.9 Å². The van der Waals surface area contributed by atoms with Crippen molar-refractivity contribution in [2.45, 2.75) is 221 Å². The Bertz CT molecular complexity index is 3850. The zero-order valence-electron chi connectivity index (χ0n) is 66.3. The van der Waals surface area contributed by atoms with Gasteiger partial charge in [-0.25, -0.2) is 9.78 Å². The average molecular weight is 1680 g/mol. The lowest BCUT2D eigenvalue weighted by atomic mass is 10.0. The number of nitrogens with two attached hydrogens (primary N) is 6. The molecular formula is C73H115N25O17S2. The summed E-state index contributed by atoms with van der Waals surface area (Å²) in [5.41, 5.74) is 34.2. The van der Waals surface area contributed by atoms with Crippen LogP contribution in [0.1, 0.15) is 135 Å². The van der Waals surface area contributed by atoms with E-state index in [1.165, 1.54) is 45.9 Å². The molecule has 44 heteroatoms. The SMILES string of the molecule is CSCC[C@@H](NC(=O)[C@@H](CS)NC(=O)[C@@H](CCCN=C(N)N)NC(=O)[C@H](CCCN=C(N)N)NC(=O)C1CCC(=O)N1)C(=O)N1CCC[C@@H]1C(=O)N[C@H](CC(C)C)C(=O)N[C@H](Cc1cnc[nH]1)C(=O)N[C@H](CO)C(=O)N[C@H](CCCN=C(N)N)C(=O)N[C@H](C)C(=O)N1CCC[C@H]1C(=O)N[C@@H](Cc1ccccc1)C(=O)N1CCC[C@@H]1C(=O)O. The predicted molar refractivity (Wildman–Crippen MR) is 434 cm³/mol. The van der Waals surface area contributed by atoms with Gasteiger partial charge in [0.25, 0.3) is 0 Å². The number of aliphatic hydroxyl groups is 1. The van der Waals surface area contributed by atoms with Crippen molar-refractivity contribution >= 4 is 131 Å². The number of aliphatic carboxylic acids is 1. The Balaban J connectivity index is 1.13. The smallest absolute Gasteiger partial charge is 0.326 e. The zero-order chi connectivity index (χ0) is 86.0. The molecule has 117 heavy (non-hydrogen) atoms. The molecule has 0 saturated carbocycles. The van der Waals surface area contributed by atoms with Crippen LogP contribution in [0.4, 0.5) is 0 Å². The first-order chi connectivity index (χ1) is 55.7. The fourth-order valence-electron chi connectivity index (χ4n) is 13.9. The van der Waals surface area contributed by atoms with Gasteiger partial charge in [0.15, 0.2) is 17.9 Å². The largest absolute Gasteiger partial charge is 0.480 e. The molecule has 14 amide bonds. The number of amides is 14. The fraction of sp³-hybridized carbons (Fsp3) is 0.630. The minimum Gasteiger partial charge on any atom is -0.480 e. The van der Waals surface area contributed by atoms with Crippen LogP contribution in [0.3, 0.4) is 0 Å². The van der Waals surface area contributed by atoms with E-state index in [9.17, 15) is 82.1 Å². The van der Waals surface area contributed by atoms with Gasteiger partial charge in [0, 0.05) is 76.2 Å². The summed E-state index contributed by atoms with van der Waals surface area (Å²) in [6.07, 6.45) is 6.27. The molecule has 4 aliphatic heterocycles. The number of rotatable bonds is 47. The third-order valence-corrected chi connectivity index (χ3v) is 21.0. The number of guanidine groups is 3. The second-order valence-electron chi connectivity index (χ2n) is 29.4. The molecule has 4 fully saturated rings. The number of carboxylic acid groups (broad SMARTS) is 1. The minimum absolute atomic E-state index is 0.0101. The quantitative estimate of drug-likeness (QED) is 0.0127. The van der Waals surface area contributed by atoms with Crippen LogP contribution in [0.15, 0.2) is 57.8 Å². The van der Waals surface area contributed by atoms with Crippen LogP contribution in [0.5, 0.6) is 0 Å². The molecule has 6 rings (SSSR count). The average Bonchev–Trinajstić information content (AvgIpc) is 1.72. The van der Waals surface area contributed by atoms with E-state index in [0.29, 0.717) is 36.3 Å². The number of aliphatic imine (C=N–C) groups is 3. The van der Waals surface area contributed by atoms with Gasteiger partial charge < -0.3 is 123 Å². The van der Waals surface area contributed by atoms with Crippen LogP contribution in [0.25, 0.3) is 0 Å². The second-order valence-corrected chi connectivity index (χ2v) is 30.8. The number of nitrogens with zero attached hydrogens (tertiary/aromatic N) is 7. The van der Waals surface area contributed by atoms with Crippen LogP contribution in [-0.4, -0.2) is 290 Å². The number of carbonyl (C=O) groups excluding carboxylic acids is 14. The number of H-pyrrole nitrogens is 1. The molecule has 1 aromatic carbocycles. The maximum absolute atomic E-state index is 14.8. The molecule has 0 spiro atoms. The fourth-order valence-corrected chi connectivity index (χ4v) is 14.7. The van der Waals surface area contributed by atoms with Gasteiger partial charge >= 0.3 is 5.97 Å². The zero-order valence-corrected chi connectivity index (χ0v) is 68.0. The number of thiol groups is 1. The molecule has 0 radical (unpaired) electrons. The highest BCUT2D eigenvalue weighted by atomic mass is 32.2. The van der Waals surface area contributed by atoms with Crippen molar-refractivity contribution in [2.75, 3.05) is 63.6 Å². The van der Waals surface area contributed by atoms with E-state index in [1.807, 2.05) is 0 Å². The highest BCUT2D eigenvalue weighted by Crippen LogP contribution is 2.25. The van der Waals surface area contributed by atoms with Crippen LogP contribution in [-0.2, 0) is 84.8 Å². The maximum Gasteiger partial charge on any atom is 0.326 e. The number of hydrogen-bond acceptors (Lipinski definition) is 22. The van der Waals surface area contributed by atoms with E-state index in [4.69, 9.17) is 34.4 Å². The van der Waals surface area contributed by atoms with Crippen molar-refractivity contribution in [3.8, 4) is 0 Å². The normalized spacial score (nSPS) is 18.9. The standard InChI is InChI=1S/C73H115N25O17S2/c1-39(2)32-48(92-65(109)54-20-12-29-97(54)68(112)47(24-31-117-4)90-64(108)52(37-116)95-59(103)45(18-10-27-83-73(78)79)87-58(102)44(17-9-26-82-72(76)77)88-60(104)46-22-23-56(100)86-46)61(105)91-49(34-42-35-80-38-84-42)62(106)94-51(36-99)63(107)89-43(16-8-25-81-71(74)75)57(101)85-40(3)67(111)96-28-11-19-53(96)66(110)93-50(33-41-14-6-5-7-15-41)69(113)98-30-13-21-55(98)70(114)115/h5-7,14-15,35,38-40,43-55,99,116H,8-13,16-34,36-37H2,1-4H3,(H,80,84)(H,85,101)(H,86,100)(H,87,102)(H,88,104)(H,89,107)(H,90,108)(H,91,105)(H,92,109)(H,93,110)(H,94,106)(H,95,103)(H,114,115)(H4,74,75,81)(H4,76,77,82)(H4,78,79,83)/t40-,43-,44+,45-,46?,47-,48-,49-,50+,51-,52-,53+,54-,55-/m1/s1. The number of aromatic amines is 1. The number of nitrogens with one attached hydrogen (secondary N) is 12. The van der Waals surface area contributed by atoms with Crippen molar-refractivity contribution in [3.05, 3.63) is 54.1 Å². The van der Waals surface area contributed by atoms with Gasteiger partial charge in [-0.05, 0) is 127 Å². The Kier molecular flexibility index (Phi) is 38.8. The van der Waals surface area contributed by atoms with Crippen molar-refractivity contribution in [1.82, 2.24) is 83.2 Å². The van der Waals surface area contributed by atoms with Crippen molar-refractivity contribution < 1.29 is 82.1 Å². The third-order valence-electron chi connectivity index (χ3n) is 20.0. The van der Waals surface area contributed by atoms with Crippen molar-refractivity contribution in [1.29, 1.82) is 0 Å². The third kappa shape index (κ3) is 30.2. The summed E-state index contributed by atoms with van der Waals surface area (Å²) < 4.78 is 0. The summed E-state index contributed by atoms with van der Waals surface area (Å²) in [6.45, 7) is 4.21. The number of hydrogen-bond donors (Lipinski definition) is 21. The number of aliphatic hydroxyl groups excluding tert-OH is 1. The first-order valence-electron chi connectivity index (χ1n) is 39.1. The monoisotopic (exact) mass is 1680 g/mol. The van der Waals surface area contributed by atoms with Crippen molar-refractivity contribution in [3.63, 3.8) is 0 Å².